The Morgan fingerprint density at radius 2 is 0.591 bits per heavy atom. The summed E-state index contributed by atoms with van der Waals surface area (Å²) in [6, 6.07) is 0. The lowest BCUT2D eigenvalue weighted by atomic mass is 9.71. The van der Waals surface area contributed by atoms with Gasteiger partial charge in [0.05, 0.1) is 0 Å². The molecular formula is C22H40. The van der Waals surface area contributed by atoms with Crippen LogP contribution in [0.2, 0.25) is 0 Å². The first-order chi connectivity index (χ1) is 9.47. The maximum atomic E-state index is 2.31. The van der Waals surface area contributed by atoms with Crippen molar-refractivity contribution in [3.8, 4) is 0 Å². The molecule has 0 saturated heterocycles. The number of rotatable bonds is 2. The van der Waals surface area contributed by atoms with E-state index in [-0.39, 0.29) is 21.7 Å². The Hall–Kier alpha value is -0.780. The van der Waals surface area contributed by atoms with Crippen LogP contribution < -0.4 is 0 Å². The van der Waals surface area contributed by atoms with Gasteiger partial charge in [0, 0.05) is 0 Å². The average molecular weight is 305 g/mol. The monoisotopic (exact) mass is 304 g/mol. The molecule has 0 saturated carbocycles. The molecule has 0 heteroatoms. The van der Waals surface area contributed by atoms with E-state index in [2.05, 4.69) is 107 Å². The fraction of sp³-hybridized carbons (Fsp3) is 0.727. The van der Waals surface area contributed by atoms with E-state index < -0.39 is 0 Å². The van der Waals surface area contributed by atoms with E-state index >= 15 is 0 Å². The van der Waals surface area contributed by atoms with E-state index in [9.17, 15) is 0 Å². The molecule has 0 nitrogen and oxygen atoms in total. The molecule has 0 unspecified atom stereocenters. The zero-order valence-electron chi connectivity index (χ0n) is 17.3. The first-order valence-electron chi connectivity index (χ1n) is 8.58. The second kappa shape index (κ2) is 6.77. The largest absolute Gasteiger partial charge is 0.0623 e. The van der Waals surface area contributed by atoms with Crippen molar-refractivity contribution >= 4 is 0 Å². The lowest BCUT2D eigenvalue weighted by Crippen LogP contribution is -2.22. The summed E-state index contributed by atoms with van der Waals surface area (Å²) in [6.07, 6.45) is 9.03. The molecule has 0 aromatic rings. The second-order valence-corrected chi connectivity index (χ2v) is 10.5. The third-order valence-corrected chi connectivity index (χ3v) is 3.87. The van der Waals surface area contributed by atoms with E-state index in [4.69, 9.17) is 0 Å². The van der Waals surface area contributed by atoms with Crippen LogP contribution in [0, 0.1) is 21.7 Å². The van der Waals surface area contributed by atoms with E-state index in [1.165, 1.54) is 11.1 Å². The molecule has 22 heavy (non-hydrogen) atoms. The van der Waals surface area contributed by atoms with Crippen molar-refractivity contribution < 1.29 is 0 Å². The summed E-state index contributed by atoms with van der Waals surface area (Å²) in [5.74, 6) is 0. The fourth-order valence-electron chi connectivity index (χ4n) is 3.55. The molecule has 0 rings (SSSR count). The molecule has 0 aliphatic carbocycles. The van der Waals surface area contributed by atoms with Crippen molar-refractivity contribution in [2.24, 2.45) is 21.7 Å². The molecular weight excluding hydrogens is 264 g/mol. The molecule has 0 aromatic heterocycles. The molecule has 128 valence electrons. The van der Waals surface area contributed by atoms with Crippen LogP contribution in [-0.4, -0.2) is 0 Å². The number of allylic oxidation sites excluding steroid dienone is 6. The van der Waals surface area contributed by atoms with Crippen LogP contribution in [0.4, 0.5) is 0 Å². The van der Waals surface area contributed by atoms with E-state index in [0.717, 1.165) is 0 Å². The maximum absolute atomic E-state index is 2.31. The highest BCUT2D eigenvalue weighted by Gasteiger charge is 2.28. The highest BCUT2D eigenvalue weighted by Crippen LogP contribution is 2.40. The van der Waals surface area contributed by atoms with E-state index in [0.29, 0.717) is 0 Å². The molecule has 0 radical (unpaired) electrons. The third kappa shape index (κ3) is 6.99. The Balaban J connectivity index is 5.59. The Morgan fingerprint density at radius 1 is 0.409 bits per heavy atom. The van der Waals surface area contributed by atoms with Gasteiger partial charge < -0.3 is 0 Å². The van der Waals surface area contributed by atoms with E-state index in [1.807, 2.05) is 0 Å². The van der Waals surface area contributed by atoms with Crippen LogP contribution in [0.3, 0.4) is 0 Å². The van der Waals surface area contributed by atoms with Crippen molar-refractivity contribution in [2.75, 3.05) is 0 Å². The van der Waals surface area contributed by atoms with Gasteiger partial charge in [0.25, 0.3) is 0 Å². The van der Waals surface area contributed by atoms with Gasteiger partial charge in [0.1, 0.15) is 0 Å². The minimum absolute atomic E-state index is 0.198. The van der Waals surface area contributed by atoms with Crippen molar-refractivity contribution in [1.82, 2.24) is 0 Å². The highest BCUT2D eigenvalue weighted by atomic mass is 14.3. The summed E-state index contributed by atoms with van der Waals surface area (Å²) >= 11 is 0. The van der Waals surface area contributed by atoms with Crippen LogP contribution >= 0.6 is 0 Å². The Bertz CT molecular complexity index is 364. The van der Waals surface area contributed by atoms with Gasteiger partial charge in [-0.1, -0.05) is 119 Å². The Kier molecular flexibility index (Phi) is 6.53. The molecule has 0 aromatic carbocycles. The predicted molar refractivity (Wildman–Crippen MR) is 103 cm³/mol. The van der Waals surface area contributed by atoms with Gasteiger partial charge in [-0.15, -0.1) is 0 Å². The molecule has 0 fully saturated rings. The quantitative estimate of drug-likeness (QED) is 0.461. The van der Waals surface area contributed by atoms with Gasteiger partial charge in [0.2, 0.25) is 0 Å². The summed E-state index contributed by atoms with van der Waals surface area (Å²) < 4.78 is 0. The molecule has 0 bridgehead atoms. The topological polar surface area (TPSA) is 0 Å². The smallest absolute Gasteiger partial charge is 0.0165 e. The summed E-state index contributed by atoms with van der Waals surface area (Å²) in [6.45, 7) is 27.5. The number of hydrogen-bond donors (Lipinski definition) is 0. The average Bonchev–Trinajstić information content (AvgIpc) is 2.14. The van der Waals surface area contributed by atoms with Gasteiger partial charge in [-0.05, 0) is 21.7 Å². The maximum Gasteiger partial charge on any atom is -0.0165 e. The lowest BCUT2D eigenvalue weighted by Gasteiger charge is -2.34. The standard InChI is InChI=1S/C22H40/c1-19(2,3)17(20(4,5)6)15-13-14-16-18(21(7,8)9)22(10,11)12/h13-16H,1-12H3/b14-13+. The first kappa shape index (κ1) is 21.2. The Labute approximate surface area is 140 Å². The minimum Gasteiger partial charge on any atom is -0.0623 e. The first-order valence-corrected chi connectivity index (χ1v) is 8.58. The fourth-order valence-corrected chi connectivity index (χ4v) is 3.55. The van der Waals surface area contributed by atoms with Crippen molar-refractivity contribution in [2.45, 2.75) is 83.1 Å². The van der Waals surface area contributed by atoms with Crippen molar-refractivity contribution in [1.29, 1.82) is 0 Å². The minimum atomic E-state index is 0.198. The normalized spacial score (nSPS) is 14.2. The lowest BCUT2D eigenvalue weighted by molar-refractivity contribution is 0.361. The van der Waals surface area contributed by atoms with Gasteiger partial charge in [-0.3, -0.25) is 0 Å². The van der Waals surface area contributed by atoms with Crippen molar-refractivity contribution in [3.05, 3.63) is 35.5 Å². The third-order valence-electron chi connectivity index (χ3n) is 3.87. The molecule has 0 N–H and O–H groups in total. The second-order valence-electron chi connectivity index (χ2n) is 10.5. The predicted octanol–water partition coefficient (Wildman–Crippen LogP) is 7.58. The summed E-state index contributed by atoms with van der Waals surface area (Å²) in [5, 5.41) is 0. The van der Waals surface area contributed by atoms with Crippen LogP contribution in [0.15, 0.2) is 35.5 Å². The van der Waals surface area contributed by atoms with Gasteiger partial charge in [-0.25, -0.2) is 0 Å². The molecule has 0 aliphatic rings. The summed E-state index contributed by atoms with van der Waals surface area (Å²) in [4.78, 5) is 0. The summed E-state index contributed by atoms with van der Waals surface area (Å²) in [7, 11) is 0. The van der Waals surface area contributed by atoms with Gasteiger partial charge in [-0.2, -0.15) is 0 Å². The molecule has 0 spiro atoms. The zero-order chi connectivity index (χ0) is 18.0. The van der Waals surface area contributed by atoms with Gasteiger partial charge in [0.15, 0.2) is 0 Å². The van der Waals surface area contributed by atoms with Gasteiger partial charge >= 0.3 is 0 Å². The highest BCUT2D eigenvalue weighted by molar-refractivity contribution is 5.28. The SMILES string of the molecule is CC(C)(C)C(=C/C=C/C=C(C(C)(C)C)C(C)(C)C)C(C)(C)C. The zero-order valence-corrected chi connectivity index (χ0v) is 17.3. The van der Waals surface area contributed by atoms with Crippen molar-refractivity contribution in [3.63, 3.8) is 0 Å². The Morgan fingerprint density at radius 3 is 0.727 bits per heavy atom. The van der Waals surface area contributed by atoms with Crippen LogP contribution in [0.1, 0.15) is 83.1 Å². The summed E-state index contributed by atoms with van der Waals surface area (Å²) in [5.41, 5.74) is 3.76. The van der Waals surface area contributed by atoms with Crippen LogP contribution in [0.5, 0.6) is 0 Å². The molecule has 0 amide bonds. The number of hydrogen-bond acceptors (Lipinski definition) is 0. The van der Waals surface area contributed by atoms with Crippen LogP contribution in [-0.2, 0) is 0 Å². The van der Waals surface area contributed by atoms with E-state index in [1.54, 1.807) is 0 Å². The molecule has 0 aliphatic heterocycles. The molecule has 0 heterocycles. The van der Waals surface area contributed by atoms with Crippen LogP contribution in [0.25, 0.3) is 0 Å². The molecule has 0 atom stereocenters.